The maximum atomic E-state index is 3.71. The van der Waals surface area contributed by atoms with Gasteiger partial charge in [-0.15, -0.1) is 0 Å². The SMILES string of the molecule is CCCNC(Cc1ccc(I)cc1)c1cc(C)ccc1Br. The Bertz CT molecular complexity index is 580. The zero-order chi connectivity index (χ0) is 15.2. The highest BCUT2D eigenvalue weighted by atomic mass is 127. The lowest BCUT2D eigenvalue weighted by Gasteiger charge is -2.21. The summed E-state index contributed by atoms with van der Waals surface area (Å²) in [6.45, 7) is 5.40. The summed E-state index contributed by atoms with van der Waals surface area (Å²) in [6.07, 6.45) is 2.16. The maximum absolute atomic E-state index is 3.71. The van der Waals surface area contributed by atoms with E-state index in [-0.39, 0.29) is 0 Å². The fraction of sp³-hybridized carbons (Fsp3) is 0.333. The molecule has 3 heteroatoms. The van der Waals surface area contributed by atoms with E-state index < -0.39 is 0 Å². The molecular formula is C18H21BrIN. The Morgan fingerprint density at radius 2 is 1.86 bits per heavy atom. The molecule has 0 amide bonds. The van der Waals surface area contributed by atoms with Crippen LogP contribution < -0.4 is 5.32 Å². The van der Waals surface area contributed by atoms with Crippen molar-refractivity contribution in [3.05, 3.63) is 67.2 Å². The average Bonchev–Trinajstić information content (AvgIpc) is 2.48. The third kappa shape index (κ3) is 5.08. The van der Waals surface area contributed by atoms with Gasteiger partial charge in [-0.3, -0.25) is 0 Å². The first-order valence-electron chi connectivity index (χ1n) is 7.34. The van der Waals surface area contributed by atoms with Crippen LogP contribution in [0.4, 0.5) is 0 Å². The number of hydrogen-bond acceptors (Lipinski definition) is 1. The lowest BCUT2D eigenvalue weighted by Crippen LogP contribution is -2.24. The Labute approximate surface area is 149 Å². The zero-order valence-corrected chi connectivity index (χ0v) is 16.2. The van der Waals surface area contributed by atoms with Crippen molar-refractivity contribution in [2.45, 2.75) is 32.7 Å². The second kappa shape index (κ2) is 8.30. The molecule has 0 fully saturated rings. The van der Waals surface area contributed by atoms with Gasteiger partial charge in [0.25, 0.3) is 0 Å². The van der Waals surface area contributed by atoms with E-state index in [1.165, 1.54) is 24.7 Å². The lowest BCUT2D eigenvalue weighted by molar-refractivity contribution is 0.527. The minimum absolute atomic E-state index is 0.347. The molecule has 1 unspecified atom stereocenters. The van der Waals surface area contributed by atoms with Crippen molar-refractivity contribution in [3.8, 4) is 0 Å². The second-order valence-corrected chi connectivity index (χ2v) is 7.46. The van der Waals surface area contributed by atoms with Crippen LogP contribution in [-0.4, -0.2) is 6.54 Å². The van der Waals surface area contributed by atoms with Crippen LogP contribution in [0.25, 0.3) is 0 Å². The third-order valence-corrected chi connectivity index (χ3v) is 4.96. The second-order valence-electron chi connectivity index (χ2n) is 5.36. The molecule has 0 saturated heterocycles. The van der Waals surface area contributed by atoms with Gasteiger partial charge in [-0.1, -0.05) is 52.7 Å². The van der Waals surface area contributed by atoms with Crippen LogP contribution in [0.1, 0.15) is 36.1 Å². The molecule has 0 spiro atoms. The highest BCUT2D eigenvalue weighted by molar-refractivity contribution is 14.1. The smallest absolute Gasteiger partial charge is 0.0372 e. The monoisotopic (exact) mass is 457 g/mol. The van der Waals surface area contributed by atoms with Gasteiger partial charge in [0.1, 0.15) is 0 Å². The first kappa shape index (κ1) is 17.0. The van der Waals surface area contributed by atoms with Crippen molar-refractivity contribution in [2.75, 3.05) is 6.54 Å². The van der Waals surface area contributed by atoms with E-state index >= 15 is 0 Å². The molecule has 2 aromatic rings. The normalized spacial score (nSPS) is 12.4. The minimum atomic E-state index is 0.347. The topological polar surface area (TPSA) is 12.0 Å². The van der Waals surface area contributed by atoms with E-state index in [4.69, 9.17) is 0 Å². The van der Waals surface area contributed by atoms with Crippen LogP contribution in [0.2, 0.25) is 0 Å². The molecule has 0 saturated carbocycles. The predicted octanol–water partition coefficient (Wildman–Crippen LogP) is 5.65. The maximum Gasteiger partial charge on any atom is 0.0372 e. The molecule has 2 aromatic carbocycles. The lowest BCUT2D eigenvalue weighted by atomic mass is 9.97. The summed E-state index contributed by atoms with van der Waals surface area (Å²) in [4.78, 5) is 0. The standard InChI is InChI=1S/C18H21BrIN/c1-3-10-21-18(12-14-5-7-15(20)8-6-14)16-11-13(2)4-9-17(16)19/h4-9,11,18,21H,3,10,12H2,1-2H3. The number of nitrogens with one attached hydrogen (secondary N) is 1. The van der Waals surface area contributed by atoms with Gasteiger partial charge in [-0.2, -0.15) is 0 Å². The van der Waals surface area contributed by atoms with Crippen LogP contribution in [0.3, 0.4) is 0 Å². The molecule has 2 rings (SSSR count). The Morgan fingerprint density at radius 3 is 2.52 bits per heavy atom. The molecule has 0 radical (unpaired) electrons. The van der Waals surface area contributed by atoms with E-state index in [9.17, 15) is 0 Å². The van der Waals surface area contributed by atoms with E-state index in [1.54, 1.807) is 0 Å². The first-order chi connectivity index (χ1) is 10.1. The minimum Gasteiger partial charge on any atom is -0.310 e. The summed E-state index contributed by atoms with van der Waals surface area (Å²) < 4.78 is 2.47. The van der Waals surface area contributed by atoms with Crippen molar-refractivity contribution in [2.24, 2.45) is 0 Å². The van der Waals surface area contributed by atoms with Crippen LogP contribution in [0.15, 0.2) is 46.9 Å². The summed E-state index contributed by atoms with van der Waals surface area (Å²) in [6, 6.07) is 15.7. The molecule has 0 aliphatic rings. The first-order valence-corrected chi connectivity index (χ1v) is 9.21. The Kier molecular flexibility index (Phi) is 6.71. The van der Waals surface area contributed by atoms with Gasteiger partial charge in [0.05, 0.1) is 0 Å². The molecule has 1 N–H and O–H groups in total. The number of benzene rings is 2. The Morgan fingerprint density at radius 1 is 1.14 bits per heavy atom. The summed E-state index contributed by atoms with van der Waals surface area (Å²) >= 11 is 6.06. The van der Waals surface area contributed by atoms with Crippen LogP contribution >= 0.6 is 38.5 Å². The van der Waals surface area contributed by atoms with E-state index in [1.807, 2.05) is 0 Å². The highest BCUT2D eigenvalue weighted by Crippen LogP contribution is 2.27. The van der Waals surface area contributed by atoms with Crippen molar-refractivity contribution in [3.63, 3.8) is 0 Å². The van der Waals surface area contributed by atoms with Gasteiger partial charge >= 0.3 is 0 Å². The molecular weight excluding hydrogens is 437 g/mol. The molecule has 1 nitrogen and oxygen atoms in total. The fourth-order valence-corrected chi connectivity index (χ4v) is 3.28. The van der Waals surface area contributed by atoms with E-state index in [2.05, 4.69) is 100 Å². The highest BCUT2D eigenvalue weighted by Gasteiger charge is 2.14. The molecule has 0 bridgehead atoms. The summed E-state index contributed by atoms with van der Waals surface area (Å²) in [5.41, 5.74) is 4.03. The van der Waals surface area contributed by atoms with Crippen molar-refractivity contribution < 1.29 is 0 Å². The fourth-order valence-electron chi connectivity index (χ4n) is 2.40. The van der Waals surface area contributed by atoms with Gasteiger partial charge in [0, 0.05) is 14.1 Å². The quantitative estimate of drug-likeness (QED) is 0.553. The van der Waals surface area contributed by atoms with Gasteiger partial charge in [-0.25, -0.2) is 0 Å². The zero-order valence-electron chi connectivity index (χ0n) is 12.5. The number of rotatable bonds is 6. The third-order valence-electron chi connectivity index (χ3n) is 3.52. The van der Waals surface area contributed by atoms with Crippen LogP contribution in [0, 0.1) is 10.5 Å². The van der Waals surface area contributed by atoms with Crippen LogP contribution in [0.5, 0.6) is 0 Å². The van der Waals surface area contributed by atoms with Gasteiger partial charge in [-0.05, 0) is 78.2 Å². The summed E-state index contributed by atoms with van der Waals surface area (Å²) in [7, 11) is 0. The molecule has 0 aliphatic heterocycles. The Hall–Kier alpha value is -0.390. The summed E-state index contributed by atoms with van der Waals surface area (Å²) in [5.74, 6) is 0. The number of halogens is 2. The molecule has 0 heterocycles. The predicted molar refractivity (Wildman–Crippen MR) is 103 cm³/mol. The van der Waals surface area contributed by atoms with Crippen molar-refractivity contribution in [1.29, 1.82) is 0 Å². The van der Waals surface area contributed by atoms with Gasteiger partial charge in [0.15, 0.2) is 0 Å². The van der Waals surface area contributed by atoms with Crippen LogP contribution in [-0.2, 0) is 6.42 Å². The number of hydrogen-bond donors (Lipinski definition) is 1. The van der Waals surface area contributed by atoms with Crippen molar-refractivity contribution in [1.82, 2.24) is 5.32 Å². The molecule has 0 aliphatic carbocycles. The molecule has 0 aromatic heterocycles. The largest absolute Gasteiger partial charge is 0.310 e. The molecule has 112 valence electrons. The average molecular weight is 458 g/mol. The van der Waals surface area contributed by atoms with E-state index in [0.717, 1.165) is 19.4 Å². The van der Waals surface area contributed by atoms with Crippen molar-refractivity contribution >= 4 is 38.5 Å². The molecule has 21 heavy (non-hydrogen) atoms. The Balaban J connectivity index is 2.25. The number of aryl methyl sites for hydroxylation is 1. The summed E-state index contributed by atoms with van der Waals surface area (Å²) in [5, 5.41) is 3.68. The van der Waals surface area contributed by atoms with Gasteiger partial charge in [0.2, 0.25) is 0 Å². The molecule has 1 atom stereocenters. The van der Waals surface area contributed by atoms with Gasteiger partial charge < -0.3 is 5.32 Å². The van der Waals surface area contributed by atoms with E-state index in [0.29, 0.717) is 6.04 Å².